The second kappa shape index (κ2) is 12.4. The lowest BCUT2D eigenvalue weighted by Crippen LogP contribution is -2.46. The molecule has 2 aliphatic rings. The lowest BCUT2D eigenvalue weighted by Gasteiger charge is -2.38. The first kappa shape index (κ1) is 27.0. The highest BCUT2D eigenvalue weighted by Crippen LogP contribution is 2.24. The zero-order chi connectivity index (χ0) is 23.3. The smallest absolute Gasteiger partial charge is 0.175 e. The van der Waals surface area contributed by atoms with E-state index in [1.165, 1.54) is 18.2 Å². The summed E-state index contributed by atoms with van der Waals surface area (Å²) < 4.78 is 29.8. The molecule has 0 unspecified atom stereocenters. The number of nitrogens with zero attached hydrogens (tertiary/aromatic N) is 3. The number of sulfone groups is 1. The molecule has 2 heterocycles. The van der Waals surface area contributed by atoms with Crippen molar-refractivity contribution in [3.05, 3.63) is 59.7 Å². The summed E-state index contributed by atoms with van der Waals surface area (Å²) in [7, 11) is -1.45. The minimum Gasteiger partial charge on any atom is -0.496 e. The molecule has 34 heavy (non-hydrogen) atoms. The molecule has 0 aromatic heterocycles. The fourth-order valence-corrected chi connectivity index (χ4v) is 6.20. The number of para-hydroxylation sites is 1. The monoisotopic (exact) mass is 507 g/mol. The van der Waals surface area contributed by atoms with Gasteiger partial charge >= 0.3 is 0 Å². The average molecular weight is 508 g/mol. The largest absolute Gasteiger partial charge is 0.496 e. The molecule has 0 amide bonds. The van der Waals surface area contributed by atoms with Crippen molar-refractivity contribution in [2.75, 3.05) is 52.6 Å². The highest BCUT2D eigenvalue weighted by atomic mass is 35.5. The minimum atomic E-state index is -3.20. The van der Waals surface area contributed by atoms with E-state index in [4.69, 9.17) is 4.74 Å². The zero-order valence-corrected chi connectivity index (χ0v) is 22.0. The van der Waals surface area contributed by atoms with Gasteiger partial charge < -0.3 is 4.74 Å². The van der Waals surface area contributed by atoms with E-state index < -0.39 is 9.84 Å². The minimum absolute atomic E-state index is 0. The maximum Gasteiger partial charge on any atom is 0.175 e. The van der Waals surface area contributed by atoms with Crippen molar-refractivity contribution in [1.29, 1.82) is 0 Å². The molecule has 0 radical (unpaired) electrons. The summed E-state index contributed by atoms with van der Waals surface area (Å²) in [5, 5.41) is 0. The van der Waals surface area contributed by atoms with Crippen molar-refractivity contribution in [2.45, 2.75) is 43.3 Å². The first-order valence-corrected chi connectivity index (χ1v) is 13.9. The Labute approximate surface area is 211 Å². The summed E-state index contributed by atoms with van der Waals surface area (Å²) in [6.45, 7) is 8.16. The van der Waals surface area contributed by atoms with E-state index in [1.807, 2.05) is 30.3 Å². The molecule has 0 atom stereocenters. The number of methoxy groups -OCH3 is 1. The Morgan fingerprint density at radius 1 is 0.824 bits per heavy atom. The van der Waals surface area contributed by atoms with Crippen molar-refractivity contribution in [1.82, 2.24) is 14.7 Å². The third kappa shape index (κ3) is 6.95. The first-order valence-electron chi connectivity index (χ1n) is 12.0. The summed E-state index contributed by atoms with van der Waals surface area (Å²) in [6.07, 6.45) is 4.78. The molecule has 0 spiro atoms. The second-order valence-corrected chi connectivity index (χ2v) is 11.3. The average Bonchev–Trinajstić information content (AvgIpc) is 3.05. The van der Waals surface area contributed by atoms with Crippen LogP contribution < -0.4 is 4.74 Å². The lowest BCUT2D eigenvalue weighted by atomic mass is 10.0. The maximum absolute atomic E-state index is 12.1. The van der Waals surface area contributed by atoms with Gasteiger partial charge in [-0.3, -0.25) is 14.7 Å². The van der Waals surface area contributed by atoms with Crippen LogP contribution in [0.2, 0.25) is 0 Å². The summed E-state index contributed by atoms with van der Waals surface area (Å²) in [5.74, 6) is 0.975. The quantitative estimate of drug-likeness (QED) is 0.569. The summed E-state index contributed by atoms with van der Waals surface area (Å²) in [4.78, 5) is 8.11. The second-order valence-electron chi connectivity index (χ2n) is 9.36. The number of likely N-dealkylation sites (tertiary alicyclic amines) is 1. The van der Waals surface area contributed by atoms with Crippen LogP contribution in [-0.4, -0.2) is 81.8 Å². The number of piperidine rings is 1. The summed E-state index contributed by atoms with van der Waals surface area (Å²) in [5.41, 5.74) is 2.18. The van der Waals surface area contributed by atoms with Crippen LogP contribution in [0.3, 0.4) is 0 Å². The first-order chi connectivity index (χ1) is 15.9. The van der Waals surface area contributed by atoms with Gasteiger partial charge in [0.2, 0.25) is 0 Å². The normalized spacial score (nSPS) is 19.4. The van der Waals surface area contributed by atoms with Crippen LogP contribution in [0.15, 0.2) is 53.4 Å². The molecule has 2 saturated heterocycles. The summed E-state index contributed by atoms with van der Waals surface area (Å²) >= 11 is 0. The highest BCUT2D eigenvalue weighted by Gasteiger charge is 2.27. The molecule has 2 aromatic rings. The number of ether oxygens (including phenoxy) is 1. The molecule has 2 aliphatic heterocycles. The molecule has 0 N–H and O–H groups in total. The van der Waals surface area contributed by atoms with Crippen LogP contribution >= 0.6 is 12.4 Å². The number of halogens is 1. The van der Waals surface area contributed by atoms with Gasteiger partial charge in [0.25, 0.3) is 0 Å². The number of rotatable bonds is 7. The Balaban J connectivity index is 0.00000324. The van der Waals surface area contributed by atoms with E-state index in [-0.39, 0.29) is 12.4 Å². The van der Waals surface area contributed by atoms with E-state index >= 15 is 0 Å². The fraction of sp³-hybridized carbons (Fsp3) is 0.538. The molecular weight excluding hydrogens is 470 g/mol. The molecule has 0 bridgehead atoms. The molecule has 188 valence electrons. The maximum atomic E-state index is 12.1. The Morgan fingerprint density at radius 2 is 1.44 bits per heavy atom. The number of hydrogen-bond acceptors (Lipinski definition) is 6. The summed E-state index contributed by atoms with van der Waals surface area (Å²) in [6, 6.07) is 16.4. The van der Waals surface area contributed by atoms with Crippen LogP contribution in [0, 0.1) is 0 Å². The predicted octanol–water partition coefficient (Wildman–Crippen LogP) is 3.69. The van der Waals surface area contributed by atoms with Gasteiger partial charge in [0.15, 0.2) is 9.84 Å². The molecular formula is C26H38ClN3O3S. The van der Waals surface area contributed by atoms with Crippen molar-refractivity contribution in [2.24, 2.45) is 0 Å². The van der Waals surface area contributed by atoms with Gasteiger partial charge in [0.1, 0.15) is 5.75 Å². The number of benzene rings is 2. The van der Waals surface area contributed by atoms with E-state index in [2.05, 4.69) is 26.8 Å². The molecule has 6 nitrogen and oxygen atoms in total. The van der Waals surface area contributed by atoms with Gasteiger partial charge in [-0.1, -0.05) is 36.4 Å². The van der Waals surface area contributed by atoms with Gasteiger partial charge in [-0.25, -0.2) is 8.42 Å². The topological polar surface area (TPSA) is 53.1 Å². The van der Waals surface area contributed by atoms with Crippen LogP contribution in [0.25, 0.3) is 0 Å². The van der Waals surface area contributed by atoms with Crippen LogP contribution in [0.5, 0.6) is 5.75 Å². The van der Waals surface area contributed by atoms with E-state index in [1.54, 1.807) is 13.2 Å². The van der Waals surface area contributed by atoms with Crippen LogP contribution in [-0.2, 0) is 22.9 Å². The molecule has 2 fully saturated rings. The number of hydrogen-bond donors (Lipinski definition) is 0. The Bertz CT molecular complexity index is 1030. The van der Waals surface area contributed by atoms with Crippen LogP contribution in [0.1, 0.15) is 30.4 Å². The predicted molar refractivity (Wildman–Crippen MR) is 140 cm³/mol. The van der Waals surface area contributed by atoms with E-state index in [9.17, 15) is 8.42 Å². The Morgan fingerprint density at radius 3 is 2.15 bits per heavy atom. The van der Waals surface area contributed by atoms with Crippen molar-refractivity contribution < 1.29 is 13.2 Å². The molecule has 4 rings (SSSR count). The molecule has 2 aromatic carbocycles. The van der Waals surface area contributed by atoms with Gasteiger partial charge in [-0.15, -0.1) is 12.4 Å². The Hall–Kier alpha value is -1.64. The van der Waals surface area contributed by atoms with Crippen molar-refractivity contribution in [3.63, 3.8) is 0 Å². The highest BCUT2D eigenvalue weighted by molar-refractivity contribution is 7.90. The van der Waals surface area contributed by atoms with Gasteiger partial charge in [0.05, 0.1) is 12.0 Å². The third-order valence-electron chi connectivity index (χ3n) is 7.05. The lowest BCUT2D eigenvalue weighted by molar-refractivity contribution is 0.106. The Kier molecular flexibility index (Phi) is 9.80. The standard InChI is InChI=1S/C26H37N3O3S.ClH/c1-32-25-10-5-3-8-22(25)20-27-14-7-15-29(19-18-27)24-12-16-28(17-13-24)21-23-9-4-6-11-26(23)33(2,30)31;/h3-6,8-11,24H,7,12-21H2,1-2H3;1H. The van der Waals surface area contributed by atoms with Crippen molar-refractivity contribution in [3.8, 4) is 5.75 Å². The fourth-order valence-electron chi connectivity index (χ4n) is 5.27. The zero-order valence-electron chi connectivity index (χ0n) is 20.4. The van der Waals surface area contributed by atoms with E-state index in [0.717, 1.165) is 70.0 Å². The van der Waals surface area contributed by atoms with E-state index in [0.29, 0.717) is 17.5 Å². The SMILES string of the molecule is COc1ccccc1CN1CCCN(C2CCN(Cc3ccccc3S(C)(=O)=O)CC2)CC1.Cl. The van der Waals surface area contributed by atoms with Gasteiger partial charge in [-0.05, 0) is 63.1 Å². The van der Waals surface area contributed by atoms with Gasteiger partial charge in [0, 0.05) is 44.0 Å². The van der Waals surface area contributed by atoms with Crippen LogP contribution in [0.4, 0.5) is 0 Å². The molecule has 0 aliphatic carbocycles. The molecule has 8 heteroatoms. The molecule has 0 saturated carbocycles. The van der Waals surface area contributed by atoms with Gasteiger partial charge in [-0.2, -0.15) is 0 Å². The van der Waals surface area contributed by atoms with Crippen molar-refractivity contribution >= 4 is 22.2 Å². The third-order valence-corrected chi connectivity index (χ3v) is 8.25.